The molecule has 0 aliphatic heterocycles. The smallest absolute Gasteiger partial charge is 0.239 e. The van der Waals surface area contributed by atoms with E-state index in [2.05, 4.69) is 15.3 Å². The number of amides is 1. The average Bonchev–Trinajstić information content (AvgIpc) is 2.89. The van der Waals surface area contributed by atoms with Crippen molar-refractivity contribution in [3.8, 4) is 0 Å². The van der Waals surface area contributed by atoms with Crippen molar-refractivity contribution in [2.24, 2.45) is 0 Å². The molecule has 0 saturated heterocycles. The zero-order valence-corrected chi connectivity index (χ0v) is 12.3. The van der Waals surface area contributed by atoms with E-state index in [-0.39, 0.29) is 11.9 Å². The van der Waals surface area contributed by atoms with Crippen molar-refractivity contribution in [1.82, 2.24) is 20.2 Å². The highest BCUT2D eigenvalue weighted by atomic mass is 16.2. The van der Waals surface area contributed by atoms with Crippen molar-refractivity contribution in [2.75, 3.05) is 13.1 Å². The van der Waals surface area contributed by atoms with E-state index in [1.807, 2.05) is 44.0 Å². The third kappa shape index (κ3) is 2.99. The lowest BCUT2D eigenvalue weighted by atomic mass is 10.2. The molecule has 0 spiro atoms. The van der Waals surface area contributed by atoms with Crippen LogP contribution in [0.4, 0.5) is 0 Å². The minimum Gasteiger partial charge on any atom is -0.346 e. The maximum Gasteiger partial charge on any atom is 0.239 e. The summed E-state index contributed by atoms with van der Waals surface area (Å²) in [6.07, 6.45) is 3.71. The Labute approximate surface area is 119 Å². The molecule has 108 valence electrons. The summed E-state index contributed by atoms with van der Waals surface area (Å²) in [4.78, 5) is 21.4. The van der Waals surface area contributed by atoms with Crippen LogP contribution in [0, 0.1) is 0 Å². The minimum atomic E-state index is -0.184. The summed E-state index contributed by atoms with van der Waals surface area (Å²) in [5.74, 6) is 0.146. The van der Waals surface area contributed by atoms with Gasteiger partial charge in [0.1, 0.15) is 5.65 Å². The summed E-state index contributed by atoms with van der Waals surface area (Å²) in [6, 6.07) is 3.77. The summed E-state index contributed by atoms with van der Waals surface area (Å²) in [7, 11) is 0. The second-order valence-electron chi connectivity index (χ2n) is 4.83. The number of aromatic nitrogens is 2. The van der Waals surface area contributed by atoms with E-state index in [4.69, 9.17) is 0 Å². The molecule has 0 radical (unpaired) electrons. The molecule has 2 heterocycles. The number of fused-ring (bicyclic) bond motifs is 1. The summed E-state index contributed by atoms with van der Waals surface area (Å²) >= 11 is 0. The number of nitrogens with one attached hydrogen (secondary N) is 2. The number of rotatable bonds is 6. The Morgan fingerprint density at radius 3 is 2.90 bits per heavy atom. The number of pyridine rings is 1. The standard InChI is InChI=1S/C15H22N4O/c1-4-19(5-2)15(20)11(3)17-9-12-10-18-14-13(12)7-6-8-16-14/h6-8,10-11,17H,4-5,9H2,1-3H3,(H,16,18). The number of carbonyl (C=O) groups excluding carboxylic acids is 1. The van der Waals surface area contributed by atoms with E-state index < -0.39 is 0 Å². The van der Waals surface area contributed by atoms with Gasteiger partial charge in [-0.25, -0.2) is 4.98 Å². The Bertz CT molecular complexity index is 574. The van der Waals surface area contributed by atoms with Crippen molar-refractivity contribution in [2.45, 2.75) is 33.4 Å². The fourth-order valence-electron chi connectivity index (χ4n) is 2.32. The molecule has 2 aromatic heterocycles. The van der Waals surface area contributed by atoms with Crippen LogP contribution in [0.15, 0.2) is 24.5 Å². The zero-order chi connectivity index (χ0) is 14.5. The molecule has 1 unspecified atom stereocenters. The molecule has 5 heteroatoms. The van der Waals surface area contributed by atoms with E-state index in [9.17, 15) is 4.79 Å². The number of hydrogen-bond acceptors (Lipinski definition) is 3. The lowest BCUT2D eigenvalue weighted by Crippen LogP contribution is -2.44. The van der Waals surface area contributed by atoms with E-state index >= 15 is 0 Å². The third-order valence-corrected chi connectivity index (χ3v) is 3.58. The van der Waals surface area contributed by atoms with E-state index in [0.29, 0.717) is 6.54 Å². The van der Waals surface area contributed by atoms with Gasteiger partial charge in [0, 0.05) is 37.4 Å². The van der Waals surface area contributed by atoms with Crippen molar-refractivity contribution in [3.63, 3.8) is 0 Å². The van der Waals surface area contributed by atoms with Gasteiger partial charge in [-0.05, 0) is 38.5 Å². The molecule has 1 amide bonds. The number of aromatic amines is 1. The van der Waals surface area contributed by atoms with Crippen LogP contribution in [0.2, 0.25) is 0 Å². The van der Waals surface area contributed by atoms with Crippen molar-refractivity contribution >= 4 is 16.9 Å². The first-order valence-corrected chi connectivity index (χ1v) is 7.10. The van der Waals surface area contributed by atoms with Crippen LogP contribution in [-0.2, 0) is 11.3 Å². The Hall–Kier alpha value is -1.88. The van der Waals surface area contributed by atoms with Gasteiger partial charge in [-0.2, -0.15) is 0 Å². The predicted molar refractivity (Wildman–Crippen MR) is 80.3 cm³/mol. The molecule has 2 N–H and O–H groups in total. The van der Waals surface area contributed by atoms with E-state index in [1.54, 1.807) is 6.20 Å². The zero-order valence-electron chi connectivity index (χ0n) is 12.3. The third-order valence-electron chi connectivity index (χ3n) is 3.58. The molecule has 0 saturated carbocycles. The van der Waals surface area contributed by atoms with Crippen LogP contribution in [0.25, 0.3) is 11.0 Å². The molecule has 1 atom stereocenters. The average molecular weight is 274 g/mol. The second kappa shape index (κ2) is 6.52. The normalized spacial score (nSPS) is 12.6. The molecule has 0 aliphatic rings. The molecule has 2 aromatic rings. The number of hydrogen-bond donors (Lipinski definition) is 2. The van der Waals surface area contributed by atoms with Gasteiger partial charge in [0.05, 0.1) is 6.04 Å². The monoisotopic (exact) mass is 274 g/mol. The molecular formula is C15H22N4O. The fraction of sp³-hybridized carbons (Fsp3) is 0.467. The van der Waals surface area contributed by atoms with Gasteiger partial charge in [-0.15, -0.1) is 0 Å². The predicted octanol–water partition coefficient (Wildman–Crippen LogP) is 1.91. The van der Waals surface area contributed by atoms with Gasteiger partial charge >= 0.3 is 0 Å². The number of H-pyrrole nitrogens is 1. The molecule has 0 aliphatic carbocycles. The molecule has 2 rings (SSSR count). The van der Waals surface area contributed by atoms with E-state index in [0.717, 1.165) is 29.7 Å². The lowest BCUT2D eigenvalue weighted by molar-refractivity contribution is -0.132. The van der Waals surface area contributed by atoms with Crippen LogP contribution in [-0.4, -0.2) is 39.9 Å². The largest absolute Gasteiger partial charge is 0.346 e. The van der Waals surface area contributed by atoms with Crippen LogP contribution >= 0.6 is 0 Å². The van der Waals surface area contributed by atoms with Crippen molar-refractivity contribution in [3.05, 3.63) is 30.1 Å². The fourth-order valence-corrected chi connectivity index (χ4v) is 2.32. The minimum absolute atomic E-state index is 0.146. The summed E-state index contributed by atoms with van der Waals surface area (Å²) in [5, 5.41) is 4.39. The number of likely N-dealkylation sites (N-methyl/N-ethyl adjacent to an activating group) is 1. The quantitative estimate of drug-likeness (QED) is 0.846. The first kappa shape index (κ1) is 14.5. The van der Waals surface area contributed by atoms with Gasteiger partial charge in [-0.3, -0.25) is 4.79 Å². The SMILES string of the molecule is CCN(CC)C(=O)C(C)NCc1c[nH]c2ncccc12. The first-order chi connectivity index (χ1) is 9.67. The molecular weight excluding hydrogens is 252 g/mol. The first-order valence-electron chi connectivity index (χ1n) is 7.10. The van der Waals surface area contributed by atoms with Crippen LogP contribution in [0.3, 0.4) is 0 Å². The lowest BCUT2D eigenvalue weighted by Gasteiger charge is -2.23. The highest BCUT2D eigenvalue weighted by Crippen LogP contribution is 2.15. The van der Waals surface area contributed by atoms with Gasteiger partial charge in [0.15, 0.2) is 0 Å². The van der Waals surface area contributed by atoms with E-state index in [1.165, 1.54) is 0 Å². The van der Waals surface area contributed by atoms with Crippen molar-refractivity contribution in [1.29, 1.82) is 0 Å². The van der Waals surface area contributed by atoms with Crippen molar-refractivity contribution < 1.29 is 4.79 Å². The molecule has 0 fully saturated rings. The van der Waals surface area contributed by atoms with Gasteiger partial charge in [-0.1, -0.05) is 0 Å². The second-order valence-corrected chi connectivity index (χ2v) is 4.83. The molecule has 5 nitrogen and oxygen atoms in total. The van der Waals surface area contributed by atoms with Gasteiger partial charge in [0.2, 0.25) is 5.91 Å². The summed E-state index contributed by atoms with van der Waals surface area (Å²) in [6.45, 7) is 8.06. The topological polar surface area (TPSA) is 61.0 Å². The Kier molecular flexibility index (Phi) is 4.74. The Morgan fingerprint density at radius 1 is 1.45 bits per heavy atom. The summed E-state index contributed by atoms with van der Waals surface area (Å²) in [5.41, 5.74) is 2.01. The highest BCUT2D eigenvalue weighted by molar-refractivity contribution is 5.82. The van der Waals surface area contributed by atoms with Crippen LogP contribution in [0.5, 0.6) is 0 Å². The van der Waals surface area contributed by atoms with Gasteiger partial charge < -0.3 is 15.2 Å². The molecule has 0 bridgehead atoms. The molecule has 0 aromatic carbocycles. The summed E-state index contributed by atoms with van der Waals surface area (Å²) < 4.78 is 0. The van der Waals surface area contributed by atoms with Crippen LogP contribution in [0.1, 0.15) is 26.3 Å². The number of nitrogens with zero attached hydrogens (tertiary/aromatic N) is 2. The Balaban J connectivity index is 2.00. The molecule has 20 heavy (non-hydrogen) atoms. The maximum atomic E-state index is 12.2. The Morgan fingerprint density at radius 2 is 2.20 bits per heavy atom. The maximum absolute atomic E-state index is 12.2. The number of carbonyl (C=O) groups is 1. The van der Waals surface area contributed by atoms with Crippen LogP contribution < -0.4 is 5.32 Å². The highest BCUT2D eigenvalue weighted by Gasteiger charge is 2.17. The van der Waals surface area contributed by atoms with Gasteiger partial charge in [0.25, 0.3) is 0 Å².